The number of aromatic nitrogens is 1. The molecule has 2 aromatic carbocycles. The molecule has 25 heavy (non-hydrogen) atoms. The molecule has 1 aromatic heterocycles. The summed E-state index contributed by atoms with van der Waals surface area (Å²) in [6.07, 6.45) is 1.81. The molecular formula is C18H17FN2O3S. The monoisotopic (exact) mass is 360 g/mol. The van der Waals surface area contributed by atoms with Crippen LogP contribution in [0.15, 0.2) is 65.7 Å². The third-order valence-corrected chi connectivity index (χ3v) is 5.32. The van der Waals surface area contributed by atoms with Crippen molar-refractivity contribution in [2.45, 2.75) is 4.90 Å². The highest BCUT2D eigenvalue weighted by atomic mass is 32.2. The van der Waals surface area contributed by atoms with Crippen LogP contribution in [-0.4, -0.2) is 27.1 Å². The number of hydrogen-bond donors (Lipinski definition) is 1. The van der Waals surface area contributed by atoms with E-state index >= 15 is 0 Å². The van der Waals surface area contributed by atoms with Crippen molar-refractivity contribution in [3.8, 4) is 22.7 Å². The number of ether oxygens (including phenoxy) is 1. The zero-order valence-corrected chi connectivity index (χ0v) is 14.5. The first-order chi connectivity index (χ1) is 12.0. The van der Waals surface area contributed by atoms with Crippen molar-refractivity contribution >= 4 is 10.0 Å². The quantitative estimate of drug-likeness (QED) is 0.760. The first-order valence-corrected chi connectivity index (χ1v) is 9.00. The highest BCUT2D eigenvalue weighted by Crippen LogP contribution is 2.27. The normalized spacial score (nSPS) is 11.5. The summed E-state index contributed by atoms with van der Waals surface area (Å²) in [5, 5.41) is 0. The summed E-state index contributed by atoms with van der Waals surface area (Å²) in [6.45, 7) is 0. The minimum Gasteiger partial charge on any atom is -0.494 e. The van der Waals surface area contributed by atoms with Crippen molar-refractivity contribution in [1.82, 2.24) is 9.29 Å². The lowest BCUT2D eigenvalue weighted by atomic mass is 10.1. The molecule has 0 aliphatic carbocycles. The molecule has 0 atom stereocenters. The van der Waals surface area contributed by atoms with E-state index < -0.39 is 15.8 Å². The maximum absolute atomic E-state index is 14.0. The van der Waals surface area contributed by atoms with Crippen LogP contribution in [0.1, 0.15) is 0 Å². The Morgan fingerprint density at radius 1 is 1.08 bits per heavy atom. The van der Waals surface area contributed by atoms with Gasteiger partial charge in [-0.3, -0.25) is 0 Å². The third-order valence-electron chi connectivity index (χ3n) is 3.89. The lowest BCUT2D eigenvalue weighted by molar-refractivity contribution is 0.386. The second-order valence-corrected chi connectivity index (χ2v) is 7.20. The highest BCUT2D eigenvalue weighted by molar-refractivity contribution is 7.89. The maximum atomic E-state index is 14.0. The molecule has 0 aliphatic rings. The molecule has 0 spiro atoms. The lowest BCUT2D eigenvalue weighted by Gasteiger charge is -2.11. The van der Waals surface area contributed by atoms with Gasteiger partial charge >= 0.3 is 0 Å². The van der Waals surface area contributed by atoms with Crippen molar-refractivity contribution < 1.29 is 17.5 Å². The maximum Gasteiger partial charge on any atom is 0.240 e. The van der Waals surface area contributed by atoms with E-state index in [1.807, 2.05) is 22.9 Å². The first kappa shape index (κ1) is 17.2. The Kier molecular flexibility index (Phi) is 4.61. The van der Waals surface area contributed by atoms with Gasteiger partial charge in [-0.2, -0.15) is 0 Å². The molecule has 0 aliphatic heterocycles. The van der Waals surface area contributed by atoms with Crippen LogP contribution >= 0.6 is 0 Å². The van der Waals surface area contributed by atoms with Gasteiger partial charge in [-0.15, -0.1) is 0 Å². The van der Waals surface area contributed by atoms with Gasteiger partial charge in [-0.25, -0.2) is 17.5 Å². The summed E-state index contributed by atoms with van der Waals surface area (Å²) in [4.78, 5) is 0.187. The smallest absolute Gasteiger partial charge is 0.240 e. The van der Waals surface area contributed by atoms with E-state index in [0.717, 1.165) is 11.3 Å². The summed E-state index contributed by atoms with van der Waals surface area (Å²) in [6, 6.07) is 14.9. The average Bonchev–Trinajstić information content (AvgIpc) is 3.11. The number of benzene rings is 2. The van der Waals surface area contributed by atoms with Crippen LogP contribution in [0.4, 0.5) is 4.39 Å². The van der Waals surface area contributed by atoms with Crippen molar-refractivity contribution in [2.75, 3.05) is 14.2 Å². The number of methoxy groups -OCH3 is 1. The van der Waals surface area contributed by atoms with Gasteiger partial charge in [-0.1, -0.05) is 12.1 Å². The predicted octanol–water partition coefficient (Wildman–Crippen LogP) is 3.20. The minimum absolute atomic E-state index is 0.180. The summed E-state index contributed by atoms with van der Waals surface area (Å²) in [5.41, 5.74) is 2.28. The van der Waals surface area contributed by atoms with Gasteiger partial charge in [0, 0.05) is 18.0 Å². The van der Waals surface area contributed by atoms with Crippen LogP contribution < -0.4 is 9.46 Å². The molecule has 7 heteroatoms. The Balaban J connectivity index is 2.01. The molecule has 0 fully saturated rings. The molecule has 130 valence electrons. The van der Waals surface area contributed by atoms with Gasteiger partial charge in [0.2, 0.25) is 10.0 Å². The zero-order valence-electron chi connectivity index (χ0n) is 13.7. The molecule has 1 heterocycles. The average molecular weight is 360 g/mol. The van der Waals surface area contributed by atoms with E-state index in [1.54, 1.807) is 24.3 Å². The molecular weight excluding hydrogens is 343 g/mol. The van der Waals surface area contributed by atoms with Gasteiger partial charge in [0.05, 0.1) is 17.7 Å². The lowest BCUT2D eigenvalue weighted by Crippen LogP contribution is -2.18. The first-order valence-electron chi connectivity index (χ1n) is 7.51. The van der Waals surface area contributed by atoms with E-state index in [1.165, 1.54) is 32.4 Å². The standard InChI is InChI=1S/C18H17FN2O3S/c1-20-25(22,23)15-8-5-13(6-9-15)17-4-3-11-21(17)14-7-10-18(24-2)16(19)12-14/h3-12,20H,1-2H3. The number of nitrogens with zero attached hydrogens (tertiary/aromatic N) is 1. The van der Waals surface area contributed by atoms with Gasteiger partial charge in [-0.05, 0) is 49.0 Å². The Hall–Kier alpha value is -2.64. The molecule has 0 amide bonds. The van der Waals surface area contributed by atoms with Crippen LogP contribution in [0.25, 0.3) is 16.9 Å². The van der Waals surface area contributed by atoms with E-state index in [4.69, 9.17) is 4.74 Å². The van der Waals surface area contributed by atoms with Crippen LogP contribution in [-0.2, 0) is 10.0 Å². The Morgan fingerprint density at radius 2 is 1.80 bits per heavy atom. The summed E-state index contributed by atoms with van der Waals surface area (Å²) < 4.78 is 46.7. The third kappa shape index (κ3) is 3.29. The molecule has 1 N–H and O–H groups in total. The van der Waals surface area contributed by atoms with Gasteiger partial charge in [0.15, 0.2) is 11.6 Å². The SMILES string of the molecule is CNS(=O)(=O)c1ccc(-c2cccn2-c2ccc(OC)c(F)c2)cc1. The molecule has 5 nitrogen and oxygen atoms in total. The fourth-order valence-electron chi connectivity index (χ4n) is 2.57. The number of sulfonamides is 1. The highest BCUT2D eigenvalue weighted by Gasteiger charge is 2.13. The van der Waals surface area contributed by atoms with Gasteiger partial charge < -0.3 is 9.30 Å². The Labute approximate surface area is 145 Å². The van der Waals surface area contributed by atoms with Crippen LogP contribution in [0.3, 0.4) is 0 Å². The molecule has 3 rings (SSSR count). The molecule has 0 saturated carbocycles. The van der Waals surface area contributed by atoms with E-state index in [9.17, 15) is 12.8 Å². The van der Waals surface area contributed by atoms with Crippen molar-refractivity contribution in [3.63, 3.8) is 0 Å². The molecule has 0 bridgehead atoms. The van der Waals surface area contributed by atoms with Gasteiger partial charge in [0.25, 0.3) is 0 Å². The summed E-state index contributed by atoms with van der Waals surface area (Å²) in [7, 11) is -0.695. The molecule has 0 unspecified atom stereocenters. The molecule has 3 aromatic rings. The number of rotatable bonds is 5. The molecule has 0 radical (unpaired) electrons. The largest absolute Gasteiger partial charge is 0.494 e. The predicted molar refractivity (Wildman–Crippen MR) is 94.0 cm³/mol. The van der Waals surface area contributed by atoms with Gasteiger partial charge in [0.1, 0.15) is 0 Å². The van der Waals surface area contributed by atoms with Crippen molar-refractivity contribution in [3.05, 3.63) is 66.6 Å². The number of hydrogen-bond acceptors (Lipinski definition) is 3. The minimum atomic E-state index is -3.48. The Bertz CT molecular complexity index is 995. The van der Waals surface area contributed by atoms with E-state index in [0.29, 0.717) is 5.69 Å². The summed E-state index contributed by atoms with van der Waals surface area (Å²) in [5.74, 6) is -0.269. The van der Waals surface area contributed by atoms with E-state index in [2.05, 4.69) is 4.72 Å². The second-order valence-electron chi connectivity index (χ2n) is 5.31. The number of halogens is 1. The van der Waals surface area contributed by atoms with Crippen LogP contribution in [0, 0.1) is 5.82 Å². The van der Waals surface area contributed by atoms with Crippen LogP contribution in [0.5, 0.6) is 5.75 Å². The fourth-order valence-corrected chi connectivity index (χ4v) is 3.30. The van der Waals surface area contributed by atoms with Crippen molar-refractivity contribution in [2.24, 2.45) is 0 Å². The van der Waals surface area contributed by atoms with Crippen LogP contribution in [0.2, 0.25) is 0 Å². The fraction of sp³-hybridized carbons (Fsp3) is 0.111. The van der Waals surface area contributed by atoms with Crippen molar-refractivity contribution in [1.29, 1.82) is 0 Å². The summed E-state index contributed by atoms with van der Waals surface area (Å²) >= 11 is 0. The second kappa shape index (κ2) is 6.70. The topological polar surface area (TPSA) is 60.3 Å². The number of nitrogens with one attached hydrogen (secondary N) is 1. The zero-order chi connectivity index (χ0) is 18.0. The van der Waals surface area contributed by atoms with E-state index in [-0.39, 0.29) is 10.6 Å². The Morgan fingerprint density at radius 3 is 2.40 bits per heavy atom. The molecule has 0 saturated heterocycles.